The Hall–Kier alpha value is -4.51. The summed E-state index contributed by atoms with van der Waals surface area (Å²) in [6.07, 6.45) is -2.77. The van der Waals surface area contributed by atoms with Crippen molar-refractivity contribution in [2.75, 3.05) is 19.8 Å². The van der Waals surface area contributed by atoms with E-state index in [1.165, 1.54) is 30.3 Å². The zero-order valence-corrected chi connectivity index (χ0v) is 22.5. The summed E-state index contributed by atoms with van der Waals surface area (Å²) in [5.41, 5.74) is 1.49. The van der Waals surface area contributed by atoms with Crippen molar-refractivity contribution >= 4 is 17.9 Å². The summed E-state index contributed by atoms with van der Waals surface area (Å²) in [6, 6.07) is 18.9. The average Bonchev–Trinajstić information content (AvgIpc) is 2.92. The quantitative estimate of drug-likeness (QED) is 0.253. The molecule has 2 amide bonds. The first-order valence-electron chi connectivity index (χ1n) is 12.8. The number of amides is 2. The van der Waals surface area contributed by atoms with E-state index in [4.69, 9.17) is 14.6 Å². The van der Waals surface area contributed by atoms with Crippen LogP contribution in [0.25, 0.3) is 6.08 Å². The fourth-order valence-corrected chi connectivity index (χ4v) is 3.55. The molecule has 41 heavy (non-hydrogen) atoms. The van der Waals surface area contributed by atoms with Gasteiger partial charge in [-0.15, -0.1) is 13.2 Å². The smallest absolute Gasteiger partial charge is 0.493 e. The van der Waals surface area contributed by atoms with Crippen LogP contribution in [0.3, 0.4) is 0 Å². The van der Waals surface area contributed by atoms with E-state index in [1.54, 1.807) is 12.1 Å². The van der Waals surface area contributed by atoms with Gasteiger partial charge in [-0.2, -0.15) is 0 Å². The van der Waals surface area contributed by atoms with Crippen LogP contribution in [-0.2, 0) is 11.2 Å². The normalized spacial score (nSPS) is 11.6. The molecular formula is C30H31F3N2O6. The zero-order valence-electron chi connectivity index (χ0n) is 22.5. The predicted octanol–water partition coefficient (Wildman–Crippen LogP) is 4.87. The first-order chi connectivity index (χ1) is 19.5. The van der Waals surface area contributed by atoms with Crippen molar-refractivity contribution in [3.63, 3.8) is 0 Å². The van der Waals surface area contributed by atoms with Crippen molar-refractivity contribution < 1.29 is 42.1 Å². The van der Waals surface area contributed by atoms with Crippen LogP contribution in [0.15, 0.2) is 78.5 Å². The molecule has 0 bridgehead atoms. The van der Waals surface area contributed by atoms with Gasteiger partial charge in [0.15, 0.2) is 0 Å². The number of alkyl halides is 3. The number of halogens is 3. The van der Waals surface area contributed by atoms with Gasteiger partial charge in [0.05, 0.1) is 19.3 Å². The molecule has 0 aliphatic rings. The number of aliphatic hydroxyl groups is 1. The van der Waals surface area contributed by atoms with E-state index in [-0.39, 0.29) is 30.5 Å². The standard InChI is InChI=1S/C30H31F3N2O6/c1-20(2)40-25-9-3-21(4-10-25)15-18-39-24-13-7-23(8-14-24)28(37)35-27(29(38)34-16-17-36)19-22-5-11-26(12-6-22)41-30(31,32)33/h3-14,19-20,36H,15-18H2,1-2H3,(H,34,38)(H,35,37). The third-order valence-corrected chi connectivity index (χ3v) is 5.39. The largest absolute Gasteiger partial charge is 0.573 e. The Morgan fingerprint density at radius 1 is 0.902 bits per heavy atom. The Bertz CT molecular complexity index is 1310. The summed E-state index contributed by atoms with van der Waals surface area (Å²) < 4.78 is 52.5. The monoisotopic (exact) mass is 572 g/mol. The number of carbonyl (C=O) groups excluding carboxylic acids is 2. The van der Waals surface area contributed by atoms with Crippen LogP contribution >= 0.6 is 0 Å². The van der Waals surface area contributed by atoms with E-state index < -0.39 is 23.9 Å². The minimum Gasteiger partial charge on any atom is -0.493 e. The van der Waals surface area contributed by atoms with Crippen molar-refractivity contribution in [3.05, 3.63) is 95.2 Å². The van der Waals surface area contributed by atoms with Crippen LogP contribution in [0, 0.1) is 0 Å². The number of benzene rings is 3. The van der Waals surface area contributed by atoms with E-state index in [9.17, 15) is 22.8 Å². The second-order valence-corrected chi connectivity index (χ2v) is 9.04. The number of ether oxygens (including phenoxy) is 3. The maximum atomic E-state index is 12.9. The SMILES string of the molecule is CC(C)Oc1ccc(CCOc2ccc(C(=O)NC(=Cc3ccc(OC(F)(F)F)cc3)C(=O)NCCO)cc2)cc1. The van der Waals surface area contributed by atoms with Crippen LogP contribution < -0.4 is 24.8 Å². The van der Waals surface area contributed by atoms with Crippen LogP contribution in [0.4, 0.5) is 13.2 Å². The fourth-order valence-electron chi connectivity index (χ4n) is 3.55. The van der Waals surface area contributed by atoms with Crippen molar-refractivity contribution in [1.29, 1.82) is 0 Å². The van der Waals surface area contributed by atoms with Gasteiger partial charge in [0.25, 0.3) is 11.8 Å². The third-order valence-electron chi connectivity index (χ3n) is 5.39. The Morgan fingerprint density at radius 2 is 1.51 bits per heavy atom. The molecule has 3 N–H and O–H groups in total. The van der Waals surface area contributed by atoms with Gasteiger partial charge in [0.1, 0.15) is 22.9 Å². The molecule has 11 heteroatoms. The summed E-state index contributed by atoms with van der Waals surface area (Å²) in [7, 11) is 0. The number of hydrogen-bond donors (Lipinski definition) is 3. The number of rotatable bonds is 13. The van der Waals surface area contributed by atoms with Crippen LogP contribution in [0.1, 0.15) is 35.3 Å². The van der Waals surface area contributed by atoms with E-state index in [0.717, 1.165) is 23.4 Å². The van der Waals surface area contributed by atoms with E-state index >= 15 is 0 Å². The first-order valence-corrected chi connectivity index (χ1v) is 12.8. The zero-order chi connectivity index (χ0) is 29.8. The van der Waals surface area contributed by atoms with E-state index in [1.807, 2.05) is 38.1 Å². The first kappa shape index (κ1) is 31.0. The van der Waals surface area contributed by atoms with Crippen LogP contribution in [0.2, 0.25) is 0 Å². The van der Waals surface area contributed by atoms with Gasteiger partial charge in [-0.3, -0.25) is 9.59 Å². The van der Waals surface area contributed by atoms with Crippen molar-refractivity contribution in [2.24, 2.45) is 0 Å². The molecule has 8 nitrogen and oxygen atoms in total. The topological polar surface area (TPSA) is 106 Å². The molecule has 0 spiro atoms. The summed E-state index contributed by atoms with van der Waals surface area (Å²) in [6.45, 7) is 3.96. The highest BCUT2D eigenvalue weighted by molar-refractivity contribution is 6.05. The number of hydrogen-bond acceptors (Lipinski definition) is 6. The third kappa shape index (κ3) is 10.9. The molecule has 3 rings (SSSR count). The van der Waals surface area contributed by atoms with Crippen molar-refractivity contribution in [2.45, 2.75) is 32.7 Å². The highest BCUT2D eigenvalue weighted by Gasteiger charge is 2.31. The Labute approximate surface area is 235 Å². The highest BCUT2D eigenvalue weighted by atomic mass is 19.4. The van der Waals surface area contributed by atoms with Gasteiger partial charge in [-0.1, -0.05) is 24.3 Å². The van der Waals surface area contributed by atoms with Gasteiger partial charge in [0.2, 0.25) is 0 Å². The van der Waals surface area contributed by atoms with Gasteiger partial charge < -0.3 is 30.0 Å². The van der Waals surface area contributed by atoms with E-state index in [2.05, 4.69) is 15.4 Å². The second kappa shape index (κ2) is 14.8. The van der Waals surface area contributed by atoms with Crippen LogP contribution in [-0.4, -0.2) is 49.1 Å². The maximum Gasteiger partial charge on any atom is 0.573 e. The number of nitrogens with one attached hydrogen (secondary N) is 2. The minimum atomic E-state index is -4.84. The summed E-state index contributed by atoms with van der Waals surface area (Å²) in [5, 5.41) is 14.0. The predicted molar refractivity (Wildman–Crippen MR) is 147 cm³/mol. The van der Waals surface area contributed by atoms with E-state index in [0.29, 0.717) is 24.3 Å². The molecule has 0 atom stereocenters. The lowest BCUT2D eigenvalue weighted by Gasteiger charge is -2.12. The fraction of sp³-hybridized carbons (Fsp3) is 0.267. The molecule has 3 aromatic rings. The molecule has 0 aromatic heterocycles. The molecule has 0 unspecified atom stereocenters. The average molecular weight is 573 g/mol. The molecule has 0 saturated heterocycles. The van der Waals surface area contributed by atoms with Crippen molar-refractivity contribution in [3.8, 4) is 17.2 Å². The molecule has 0 aliphatic carbocycles. The minimum absolute atomic E-state index is 0.0632. The lowest BCUT2D eigenvalue weighted by Crippen LogP contribution is -2.36. The van der Waals surface area contributed by atoms with Gasteiger partial charge in [-0.25, -0.2) is 0 Å². The van der Waals surface area contributed by atoms with Gasteiger partial charge >= 0.3 is 6.36 Å². The molecule has 218 valence electrons. The highest BCUT2D eigenvalue weighted by Crippen LogP contribution is 2.23. The molecule has 0 aliphatic heterocycles. The Balaban J connectivity index is 1.61. The number of carbonyl (C=O) groups is 2. The molecule has 0 saturated carbocycles. The summed E-state index contributed by atoms with van der Waals surface area (Å²) in [4.78, 5) is 25.4. The lowest BCUT2D eigenvalue weighted by atomic mass is 10.1. The van der Waals surface area contributed by atoms with Gasteiger partial charge in [0, 0.05) is 18.5 Å². The van der Waals surface area contributed by atoms with Crippen LogP contribution in [0.5, 0.6) is 17.2 Å². The Morgan fingerprint density at radius 3 is 2.10 bits per heavy atom. The summed E-state index contributed by atoms with van der Waals surface area (Å²) >= 11 is 0. The second-order valence-electron chi connectivity index (χ2n) is 9.04. The molecule has 0 heterocycles. The Kier molecular flexibility index (Phi) is 11.2. The number of aliphatic hydroxyl groups excluding tert-OH is 1. The lowest BCUT2D eigenvalue weighted by molar-refractivity contribution is -0.274. The maximum absolute atomic E-state index is 12.9. The summed E-state index contributed by atoms with van der Waals surface area (Å²) in [5.74, 6) is -0.356. The molecule has 0 fully saturated rings. The van der Waals surface area contributed by atoms with Gasteiger partial charge in [-0.05, 0) is 79.6 Å². The van der Waals surface area contributed by atoms with Crippen molar-refractivity contribution in [1.82, 2.24) is 10.6 Å². The molecule has 0 radical (unpaired) electrons. The molecule has 3 aromatic carbocycles. The molecular weight excluding hydrogens is 541 g/mol.